The lowest BCUT2D eigenvalue weighted by molar-refractivity contribution is -0.148. The standard InChI is InChI=1S/C34H33N3O5S/c1-3-36-30-11-7-6-10-28(30)29-20-25(14-17-31(29)36)35-33(38)22-42-34(39)21-32-27-9-5-4-8-24(27)18-19-37(32)43(40,41)26-15-12-23(2)13-16-26/h4-17,20,32H,3,18-19,21-22H2,1-2H3,(H,35,38)/t32-/m1/s1. The van der Waals surface area contributed by atoms with Crippen molar-refractivity contribution < 1.29 is 22.7 Å². The first-order chi connectivity index (χ1) is 20.8. The maximum atomic E-state index is 13.7. The number of hydrogen-bond donors (Lipinski definition) is 1. The first-order valence-corrected chi connectivity index (χ1v) is 15.8. The van der Waals surface area contributed by atoms with E-state index in [4.69, 9.17) is 4.74 Å². The summed E-state index contributed by atoms with van der Waals surface area (Å²) in [6.45, 7) is 4.57. The normalized spacial score (nSPS) is 15.3. The number of amides is 1. The Bertz CT molecular complexity index is 1950. The van der Waals surface area contributed by atoms with Gasteiger partial charge in [0.15, 0.2) is 6.61 Å². The minimum absolute atomic E-state index is 0.175. The van der Waals surface area contributed by atoms with Crippen molar-refractivity contribution in [3.05, 3.63) is 108 Å². The summed E-state index contributed by atoms with van der Waals surface area (Å²) in [7, 11) is -3.88. The third-order valence-electron chi connectivity index (χ3n) is 8.09. The fourth-order valence-electron chi connectivity index (χ4n) is 6.01. The second-order valence-electron chi connectivity index (χ2n) is 10.8. The number of hydrogen-bond acceptors (Lipinski definition) is 5. The van der Waals surface area contributed by atoms with Crippen molar-refractivity contribution in [2.75, 3.05) is 18.5 Å². The molecule has 2 heterocycles. The molecule has 0 bridgehead atoms. The Kier molecular flexibility index (Phi) is 7.77. The van der Waals surface area contributed by atoms with E-state index < -0.39 is 34.5 Å². The van der Waals surface area contributed by atoms with Gasteiger partial charge in [-0.05, 0) is 67.8 Å². The van der Waals surface area contributed by atoms with E-state index in [1.807, 2.05) is 61.5 Å². The van der Waals surface area contributed by atoms with Gasteiger partial charge in [0, 0.05) is 40.6 Å². The molecule has 0 radical (unpaired) electrons. The van der Waals surface area contributed by atoms with Gasteiger partial charge in [-0.15, -0.1) is 0 Å². The SMILES string of the molecule is CCn1c2ccccc2c2cc(NC(=O)COC(=O)C[C@@H]3c4ccccc4CCN3S(=O)(=O)c3ccc(C)cc3)ccc21. The lowest BCUT2D eigenvalue weighted by atomic mass is 9.92. The summed E-state index contributed by atoms with van der Waals surface area (Å²) in [5.41, 5.74) is 5.52. The Morgan fingerprint density at radius 2 is 1.63 bits per heavy atom. The zero-order valence-electron chi connectivity index (χ0n) is 24.1. The van der Waals surface area contributed by atoms with E-state index in [0.29, 0.717) is 12.1 Å². The number of para-hydroxylation sites is 1. The van der Waals surface area contributed by atoms with E-state index in [2.05, 4.69) is 28.9 Å². The number of nitrogens with zero attached hydrogens (tertiary/aromatic N) is 2. The molecule has 1 N–H and O–H groups in total. The fraction of sp³-hybridized carbons (Fsp3) is 0.235. The maximum absolute atomic E-state index is 13.7. The van der Waals surface area contributed by atoms with Crippen LogP contribution in [0.15, 0.2) is 95.9 Å². The highest BCUT2D eigenvalue weighted by molar-refractivity contribution is 7.89. The van der Waals surface area contributed by atoms with E-state index in [1.165, 1.54) is 4.31 Å². The molecule has 0 aliphatic carbocycles. The van der Waals surface area contributed by atoms with Crippen LogP contribution in [-0.4, -0.2) is 42.3 Å². The number of carbonyl (C=O) groups excluding carboxylic acids is 2. The Morgan fingerprint density at radius 3 is 2.42 bits per heavy atom. The first-order valence-electron chi connectivity index (χ1n) is 14.4. The van der Waals surface area contributed by atoms with Crippen LogP contribution in [0, 0.1) is 6.92 Å². The summed E-state index contributed by atoms with van der Waals surface area (Å²) in [6.07, 6.45) is 0.328. The molecule has 6 rings (SSSR count). The fourth-order valence-corrected chi connectivity index (χ4v) is 7.61. The van der Waals surface area contributed by atoms with Crippen molar-refractivity contribution in [2.45, 2.75) is 44.2 Å². The molecule has 1 amide bonds. The second-order valence-corrected chi connectivity index (χ2v) is 12.7. The molecule has 4 aromatic carbocycles. The average Bonchev–Trinajstić information content (AvgIpc) is 3.33. The minimum Gasteiger partial charge on any atom is -0.456 e. The van der Waals surface area contributed by atoms with Gasteiger partial charge < -0.3 is 14.6 Å². The van der Waals surface area contributed by atoms with Crippen LogP contribution in [0.5, 0.6) is 0 Å². The molecule has 43 heavy (non-hydrogen) atoms. The maximum Gasteiger partial charge on any atom is 0.308 e. The van der Waals surface area contributed by atoms with Crippen LogP contribution >= 0.6 is 0 Å². The molecule has 0 fully saturated rings. The molecule has 1 aliphatic rings. The number of aryl methyl sites for hydroxylation is 2. The van der Waals surface area contributed by atoms with Crippen molar-refractivity contribution in [2.24, 2.45) is 0 Å². The highest BCUT2D eigenvalue weighted by Crippen LogP contribution is 2.37. The van der Waals surface area contributed by atoms with Crippen molar-refractivity contribution >= 4 is 49.4 Å². The van der Waals surface area contributed by atoms with Gasteiger partial charge >= 0.3 is 5.97 Å². The lowest BCUT2D eigenvalue weighted by Crippen LogP contribution is -2.41. The van der Waals surface area contributed by atoms with Crippen LogP contribution in [0.3, 0.4) is 0 Å². The van der Waals surface area contributed by atoms with E-state index in [1.54, 1.807) is 24.3 Å². The summed E-state index contributed by atoms with van der Waals surface area (Å²) in [5.74, 6) is -1.12. The van der Waals surface area contributed by atoms with Crippen LogP contribution in [0.1, 0.15) is 36.1 Å². The number of nitrogens with one attached hydrogen (secondary N) is 1. The topological polar surface area (TPSA) is 97.7 Å². The number of ether oxygens (including phenoxy) is 1. The Labute approximate surface area is 250 Å². The van der Waals surface area contributed by atoms with Crippen LogP contribution in [0.4, 0.5) is 5.69 Å². The monoisotopic (exact) mass is 595 g/mol. The number of anilines is 1. The molecule has 1 aliphatic heterocycles. The number of fused-ring (bicyclic) bond motifs is 4. The van der Waals surface area contributed by atoms with E-state index in [9.17, 15) is 18.0 Å². The number of benzene rings is 4. The minimum atomic E-state index is -3.88. The number of sulfonamides is 1. The van der Waals surface area contributed by atoms with Crippen molar-refractivity contribution in [3.8, 4) is 0 Å². The predicted octanol–water partition coefficient (Wildman–Crippen LogP) is 5.98. The lowest BCUT2D eigenvalue weighted by Gasteiger charge is -2.36. The summed E-state index contributed by atoms with van der Waals surface area (Å²) in [6, 6.07) is 27.3. The molecule has 0 spiro atoms. The van der Waals surface area contributed by atoms with Crippen LogP contribution in [0.2, 0.25) is 0 Å². The van der Waals surface area contributed by atoms with Gasteiger partial charge in [0.25, 0.3) is 5.91 Å². The van der Waals surface area contributed by atoms with Crippen LogP contribution in [-0.2, 0) is 37.3 Å². The summed E-state index contributed by atoms with van der Waals surface area (Å²) in [4.78, 5) is 26.0. The molecule has 1 atom stereocenters. The molecular formula is C34H33N3O5S. The molecule has 0 unspecified atom stereocenters. The third kappa shape index (κ3) is 5.53. The second kappa shape index (κ2) is 11.7. The van der Waals surface area contributed by atoms with Crippen LogP contribution < -0.4 is 5.32 Å². The smallest absolute Gasteiger partial charge is 0.308 e. The van der Waals surface area contributed by atoms with Gasteiger partial charge in [-0.2, -0.15) is 4.31 Å². The van der Waals surface area contributed by atoms with Gasteiger partial charge in [-0.1, -0.05) is 60.2 Å². The molecular weight excluding hydrogens is 562 g/mol. The van der Waals surface area contributed by atoms with E-state index in [-0.39, 0.29) is 17.9 Å². The quantitative estimate of drug-likeness (QED) is 0.223. The number of carbonyl (C=O) groups is 2. The highest BCUT2D eigenvalue weighted by Gasteiger charge is 2.38. The molecule has 9 heteroatoms. The van der Waals surface area contributed by atoms with Crippen molar-refractivity contribution in [1.29, 1.82) is 0 Å². The van der Waals surface area contributed by atoms with Gasteiger partial charge in [0.2, 0.25) is 10.0 Å². The number of aromatic nitrogens is 1. The predicted molar refractivity (Wildman–Crippen MR) is 167 cm³/mol. The summed E-state index contributed by atoms with van der Waals surface area (Å²) < 4.78 is 36.3. The molecule has 1 aromatic heterocycles. The largest absolute Gasteiger partial charge is 0.456 e. The van der Waals surface area contributed by atoms with Gasteiger partial charge in [0.1, 0.15) is 0 Å². The molecule has 8 nitrogen and oxygen atoms in total. The Hall–Kier alpha value is -4.47. The van der Waals surface area contributed by atoms with Gasteiger partial charge in [0.05, 0.1) is 17.4 Å². The summed E-state index contributed by atoms with van der Waals surface area (Å²) in [5, 5.41) is 4.95. The van der Waals surface area contributed by atoms with Crippen molar-refractivity contribution in [3.63, 3.8) is 0 Å². The molecule has 220 valence electrons. The number of rotatable bonds is 8. The number of esters is 1. The average molecular weight is 596 g/mol. The molecule has 0 saturated carbocycles. The van der Waals surface area contributed by atoms with Crippen LogP contribution in [0.25, 0.3) is 21.8 Å². The first kappa shape index (κ1) is 28.6. The Morgan fingerprint density at radius 1 is 0.907 bits per heavy atom. The van der Waals surface area contributed by atoms with Gasteiger partial charge in [-0.25, -0.2) is 8.42 Å². The van der Waals surface area contributed by atoms with E-state index >= 15 is 0 Å². The Balaban J connectivity index is 1.16. The zero-order chi connectivity index (χ0) is 30.1. The van der Waals surface area contributed by atoms with Crippen molar-refractivity contribution in [1.82, 2.24) is 8.87 Å². The highest BCUT2D eigenvalue weighted by atomic mass is 32.2. The zero-order valence-corrected chi connectivity index (χ0v) is 24.9. The molecule has 5 aromatic rings. The van der Waals surface area contributed by atoms with E-state index in [0.717, 1.165) is 45.0 Å². The molecule has 0 saturated heterocycles. The van der Waals surface area contributed by atoms with Gasteiger partial charge in [-0.3, -0.25) is 9.59 Å². The third-order valence-corrected chi connectivity index (χ3v) is 10.0. The summed E-state index contributed by atoms with van der Waals surface area (Å²) >= 11 is 0.